The van der Waals surface area contributed by atoms with Crippen LogP contribution in [0.4, 0.5) is 5.69 Å². The molecule has 0 aromatic heterocycles. The summed E-state index contributed by atoms with van der Waals surface area (Å²) < 4.78 is 1.73. The summed E-state index contributed by atoms with van der Waals surface area (Å²) in [6, 6.07) is 12.4. The maximum atomic E-state index is 12.2. The number of nitrogens with one attached hydrogen (secondary N) is 1. The van der Waals surface area contributed by atoms with E-state index < -0.39 is 0 Å². The van der Waals surface area contributed by atoms with Crippen molar-refractivity contribution in [1.29, 1.82) is 0 Å². The summed E-state index contributed by atoms with van der Waals surface area (Å²) in [7, 11) is 0. The average molecular weight is 444 g/mol. The molecule has 0 atom stereocenters. The smallest absolute Gasteiger partial charge is 0.256 e. The summed E-state index contributed by atoms with van der Waals surface area (Å²) in [5.41, 5.74) is 1.86. The van der Waals surface area contributed by atoms with E-state index in [2.05, 4.69) is 43.8 Å². The van der Waals surface area contributed by atoms with E-state index in [0.29, 0.717) is 16.8 Å². The first-order chi connectivity index (χ1) is 9.47. The van der Waals surface area contributed by atoms with Crippen molar-refractivity contribution in [2.45, 2.75) is 6.92 Å². The van der Waals surface area contributed by atoms with Crippen LogP contribution < -0.4 is 5.32 Å². The van der Waals surface area contributed by atoms with E-state index in [1.165, 1.54) is 6.92 Å². The van der Waals surface area contributed by atoms with Crippen molar-refractivity contribution >= 4 is 55.9 Å². The van der Waals surface area contributed by atoms with Gasteiger partial charge in [0, 0.05) is 19.3 Å². The molecule has 0 heterocycles. The largest absolute Gasteiger partial charge is 0.322 e. The van der Waals surface area contributed by atoms with Crippen LogP contribution >= 0.6 is 38.5 Å². The van der Waals surface area contributed by atoms with Crippen molar-refractivity contribution in [2.24, 2.45) is 0 Å². The molecule has 20 heavy (non-hydrogen) atoms. The number of carbonyl (C=O) groups is 2. The van der Waals surface area contributed by atoms with Crippen LogP contribution in [0.15, 0.2) is 46.9 Å². The lowest BCUT2D eigenvalue weighted by molar-refractivity contribution is 0.101. The SMILES string of the molecule is CC(=O)c1ccc(NC(=O)c2cc(I)ccc2Br)cc1. The second kappa shape index (κ2) is 6.49. The first-order valence-corrected chi connectivity index (χ1v) is 7.72. The Bertz CT molecular complexity index is 668. The van der Waals surface area contributed by atoms with Crippen LogP contribution in [0.25, 0.3) is 0 Å². The Morgan fingerprint density at radius 2 is 1.75 bits per heavy atom. The lowest BCUT2D eigenvalue weighted by atomic mass is 10.1. The third-order valence-corrected chi connectivity index (χ3v) is 4.08. The highest BCUT2D eigenvalue weighted by molar-refractivity contribution is 14.1. The van der Waals surface area contributed by atoms with E-state index in [1.807, 2.05) is 18.2 Å². The van der Waals surface area contributed by atoms with Gasteiger partial charge in [-0.2, -0.15) is 0 Å². The molecule has 0 aliphatic rings. The first-order valence-electron chi connectivity index (χ1n) is 5.85. The molecule has 0 saturated carbocycles. The van der Waals surface area contributed by atoms with E-state index in [0.717, 1.165) is 8.04 Å². The van der Waals surface area contributed by atoms with Gasteiger partial charge in [-0.25, -0.2) is 0 Å². The number of amides is 1. The number of carbonyl (C=O) groups excluding carboxylic acids is 2. The van der Waals surface area contributed by atoms with Gasteiger partial charge in [-0.05, 0) is 87.9 Å². The zero-order valence-electron chi connectivity index (χ0n) is 10.6. The Morgan fingerprint density at radius 1 is 1.10 bits per heavy atom. The van der Waals surface area contributed by atoms with Crippen LogP contribution in [0.5, 0.6) is 0 Å². The Hall–Kier alpha value is -1.21. The molecule has 2 aromatic rings. The third-order valence-electron chi connectivity index (χ3n) is 2.72. The lowest BCUT2D eigenvalue weighted by Gasteiger charge is -2.08. The molecule has 102 valence electrons. The summed E-state index contributed by atoms with van der Waals surface area (Å²) in [5, 5.41) is 2.81. The number of halogens is 2. The number of benzene rings is 2. The number of hydrogen-bond acceptors (Lipinski definition) is 2. The van der Waals surface area contributed by atoms with E-state index in [9.17, 15) is 9.59 Å². The molecule has 3 nitrogen and oxygen atoms in total. The molecule has 0 fully saturated rings. The Labute approximate surface area is 139 Å². The molecule has 0 unspecified atom stereocenters. The summed E-state index contributed by atoms with van der Waals surface area (Å²) in [6.45, 7) is 1.51. The Balaban J connectivity index is 2.19. The van der Waals surface area contributed by atoms with E-state index >= 15 is 0 Å². The fraction of sp³-hybridized carbons (Fsp3) is 0.0667. The van der Waals surface area contributed by atoms with Crippen molar-refractivity contribution in [3.63, 3.8) is 0 Å². The van der Waals surface area contributed by atoms with Gasteiger partial charge in [0.15, 0.2) is 5.78 Å². The minimum atomic E-state index is -0.189. The molecule has 1 amide bonds. The molecule has 0 aliphatic heterocycles. The molecule has 0 aliphatic carbocycles. The highest BCUT2D eigenvalue weighted by Crippen LogP contribution is 2.21. The monoisotopic (exact) mass is 443 g/mol. The Kier molecular flexibility index (Phi) is 4.93. The number of rotatable bonds is 3. The van der Waals surface area contributed by atoms with E-state index in [-0.39, 0.29) is 11.7 Å². The number of hydrogen-bond donors (Lipinski definition) is 1. The van der Waals surface area contributed by atoms with Crippen molar-refractivity contribution < 1.29 is 9.59 Å². The van der Waals surface area contributed by atoms with E-state index in [4.69, 9.17) is 0 Å². The molecule has 1 N–H and O–H groups in total. The van der Waals surface area contributed by atoms with Gasteiger partial charge in [0.05, 0.1) is 5.56 Å². The van der Waals surface area contributed by atoms with Crippen LogP contribution in [0.2, 0.25) is 0 Å². The van der Waals surface area contributed by atoms with Crippen molar-refractivity contribution in [3.05, 3.63) is 61.6 Å². The highest BCUT2D eigenvalue weighted by atomic mass is 127. The van der Waals surface area contributed by atoms with Crippen molar-refractivity contribution in [3.8, 4) is 0 Å². The summed E-state index contributed by atoms with van der Waals surface area (Å²) >= 11 is 5.53. The number of anilines is 1. The fourth-order valence-corrected chi connectivity index (χ4v) is 2.58. The number of ketones is 1. The van der Waals surface area contributed by atoms with Crippen LogP contribution in [-0.4, -0.2) is 11.7 Å². The van der Waals surface area contributed by atoms with Crippen molar-refractivity contribution in [1.82, 2.24) is 0 Å². The molecule has 0 saturated heterocycles. The first kappa shape index (κ1) is 15.2. The zero-order valence-corrected chi connectivity index (χ0v) is 14.4. The highest BCUT2D eigenvalue weighted by Gasteiger charge is 2.11. The Morgan fingerprint density at radius 3 is 2.35 bits per heavy atom. The zero-order chi connectivity index (χ0) is 14.7. The minimum absolute atomic E-state index is 0.00299. The number of Topliss-reactive ketones (excluding diaryl/α,β-unsaturated/α-hetero) is 1. The van der Waals surface area contributed by atoms with Gasteiger partial charge < -0.3 is 5.32 Å². The van der Waals surface area contributed by atoms with Gasteiger partial charge in [0.25, 0.3) is 5.91 Å². The van der Waals surface area contributed by atoms with Crippen LogP contribution in [0.1, 0.15) is 27.6 Å². The van der Waals surface area contributed by atoms with Gasteiger partial charge in [0.2, 0.25) is 0 Å². The van der Waals surface area contributed by atoms with Crippen LogP contribution in [0, 0.1) is 3.57 Å². The van der Waals surface area contributed by atoms with E-state index in [1.54, 1.807) is 24.3 Å². The molecule has 0 radical (unpaired) electrons. The second-order valence-corrected chi connectivity index (χ2v) is 6.31. The maximum absolute atomic E-state index is 12.2. The van der Waals surface area contributed by atoms with Crippen LogP contribution in [0.3, 0.4) is 0 Å². The lowest BCUT2D eigenvalue weighted by Crippen LogP contribution is -2.12. The minimum Gasteiger partial charge on any atom is -0.322 e. The molecular weight excluding hydrogens is 433 g/mol. The third kappa shape index (κ3) is 3.67. The quantitative estimate of drug-likeness (QED) is 0.560. The van der Waals surface area contributed by atoms with Gasteiger partial charge in [-0.1, -0.05) is 0 Å². The standard InChI is InChI=1S/C15H11BrINO2/c1-9(19)10-2-5-12(6-3-10)18-15(20)13-8-11(17)4-7-14(13)16/h2-8H,1H3,(H,18,20). The molecule has 2 aromatic carbocycles. The molecule has 5 heteroatoms. The van der Waals surface area contributed by atoms with Gasteiger partial charge in [-0.15, -0.1) is 0 Å². The summed E-state index contributed by atoms with van der Waals surface area (Å²) in [5.74, 6) is -0.186. The summed E-state index contributed by atoms with van der Waals surface area (Å²) in [4.78, 5) is 23.4. The van der Waals surface area contributed by atoms with Gasteiger partial charge >= 0.3 is 0 Å². The van der Waals surface area contributed by atoms with Gasteiger partial charge in [-0.3, -0.25) is 9.59 Å². The fourth-order valence-electron chi connectivity index (χ4n) is 1.66. The normalized spacial score (nSPS) is 10.2. The van der Waals surface area contributed by atoms with Crippen molar-refractivity contribution in [2.75, 3.05) is 5.32 Å². The predicted molar refractivity (Wildman–Crippen MR) is 91.3 cm³/mol. The molecule has 0 bridgehead atoms. The molecule has 2 rings (SSSR count). The summed E-state index contributed by atoms with van der Waals surface area (Å²) in [6.07, 6.45) is 0. The van der Waals surface area contributed by atoms with Gasteiger partial charge in [0.1, 0.15) is 0 Å². The predicted octanol–water partition coefficient (Wildman–Crippen LogP) is 4.51. The maximum Gasteiger partial charge on any atom is 0.256 e. The molecule has 0 spiro atoms. The average Bonchev–Trinajstić information content (AvgIpc) is 2.42. The second-order valence-electron chi connectivity index (χ2n) is 4.21. The topological polar surface area (TPSA) is 46.2 Å². The van der Waals surface area contributed by atoms with Crippen LogP contribution in [-0.2, 0) is 0 Å². The molecular formula is C15H11BrINO2.